The molecular weight excluding hydrogens is 214 g/mol. The molecule has 1 saturated carbocycles. The standard InChI is InChI=1S/C14H29NO2/c1-11(2)8-9-14(16,17)13(15)10-12-6-4-3-5-7-12/h11-13,16-17H,3-10,15H2,1-2H3. The minimum atomic E-state index is -1.68. The zero-order chi connectivity index (χ0) is 12.9. The van der Waals surface area contributed by atoms with Gasteiger partial charge in [-0.1, -0.05) is 46.0 Å². The summed E-state index contributed by atoms with van der Waals surface area (Å²) in [6, 6.07) is -0.496. The molecule has 102 valence electrons. The van der Waals surface area contributed by atoms with Gasteiger partial charge in [0.05, 0.1) is 6.04 Å². The fourth-order valence-corrected chi connectivity index (χ4v) is 2.66. The van der Waals surface area contributed by atoms with Crippen LogP contribution in [0.3, 0.4) is 0 Å². The molecule has 0 heterocycles. The molecule has 17 heavy (non-hydrogen) atoms. The van der Waals surface area contributed by atoms with Crippen LogP contribution in [0.4, 0.5) is 0 Å². The van der Waals surface area contributed by atoms with Gasteiger partial charge >= 0.3 is 0 Å². The second-order valence-corrected chi connectivity index (χ2v) is 6.16. The van der Waals surface area contributed by atoms with Crippen molar-refractivity contribution in [2.45, 2.75) is 77.0 Å². The molecule has 0 bridgehead atoms. The van der Waals surface area contributed by atoms with Gasteiger partial charge in [0.25, 0.3) is 0 Å². The third-order valence-electron chi connectivity index (χ3n) is 4.00. The molecule has 0 spiro atoms. The molecule has 0 radical (unpaired) electrons. The first-order chi connectivity index (χ1) is 7.92. The molecule has 4 N–H and O–H groups in total. The van der Waals surface area contributed by atoms with Gasteiger partial charge < -0.3 is 15.9 Å². The molecule has 1 rings (SSSR count). The molecule has 1 fully saturated rings. The van der Waals surface area contributed by atoms with E-state index in [-0.39, 0.29) is 0 Å². The van der Waals surface area contributed by atoms with Crippen molar-refractivity contribution in [1.29, 1.82) is 0 Å². The molecule has 3 heteroatoms. The highest BCUT2D eigenvalue weighted by Crippen LogP contribution is 2.30. The average molecular weight is 243 g/mol. The van der Waals surface area contributed by atoms with Gasteiger partial charge in [0.2, 0.25) is 0 Å². The lowest BCUT2D eigenvalue weighted by molar-refractivity contribution is -0.186. The summed E-state index contributed by atoms with van der Waals surface area (Å²) >= 11 is 0. The summed E-state index contributed by atoms with van der Waals surface area (Å²) in [5.41, 5.74) is 5.97. The van der Waals surface area contributed by atoms with E-state index < -0.39 is 11.8 Å². The topological polar surface area (TPSA) is 66.5 Å². The van der Waals surface area contributed by atoms with Crippen molar-refractivity contribution in [3.8, 4) is 0 Å². The molecule has 0 amide bonds. The molecule has 0 aromatic rings. The van der Waals surface area contributed by atoms with Crippen molar-refractivity contribution < 1.29 is 10.2 Å². The van der Waals surface area contributed by atoms with Crippen molar-refractivity contribution in [3.63, 3.8) is 0 Å². The molecule has 1 atom stereocenters. The van der Waals surface area contributed by atoms with Gasteiger partial charge in [-0.3, -0.25) is 0 Å². The van der Waals surface area contributed by atoms with E-state index in [9.17, 15) is 10.2 Å². The lowest BCUT2D eigenvalue weighted by Gasteiger charge is -2.33. The van der Waals surface area contributed by atoms with Crippen LogP contribution in [0.15, 0.2) is 0 Å². The van der Waals surface area contributed by atoms with E-state index >= 15 is 0 Å². The summed E-state index contributed by atoms with van der Waals surface area (Å²) < 4.78 is 0. The Labute approximate surface area is 105 Å². The minimum Gasteiger partial charge on any atom is -0.364 e. The summed E-state index contributed by atoms with van der Waals surface area (Å²) in [5, 5.41) is 20.0. The van der Waals surface area contributed by atoms with E-state index in [1.54, 1.807) is 0 Å². The van der Waals surface area contributed by atoms with Crippen LogP contribution in [0.1, 0.15) is 65.2 Å². The van der Waals surface area contributed by atoms with Crippen molar-refractivity contribution in [2.24, 2.45) is 17.6 Å². The first-order valence-electron chi connectivity index (χ1n) is 7.12. The molecule has 1 unspecified atom stereocenters. The summed E-state index contributed by atoms with van der Waals surface area (Å²) in [7, 11) is 0. The molecule has 0 aromatic heterocycles. The van der Waals surface area contributed by atoms with E-state index in [0.717, 1.165) is 12.8 Å². The van der Waals surface area contributed by atoms with E-state index in [1.807, 2.05) is 0 Å². The Morgan fingerprint density at radius 2 is 1.76 bits per heavy atom. The van der Waals surface area contributed by atoms with Crippen LogP contribution in [0.25, 0.3) is 0 Å². The maximum Gasteiger partial charge on any atom is 0.178 e. The van der Waals surface area contributed by atoms with E-state index in [1.165, 1.54) is 32.1 Å². The zero-order valence-corrected chi connectivity index (χ0v) is 11.4. The molecule has 3 nitrogen and oxygen atoms in total. The SMILES string of the molecule is CC(C)CCC(O)(O)C(N)CC1CCCCC1. The first kappa shape index (κ1) is 14.9. The largest absolute Gasteiger partial charge is 0.364 e. The monoisotopic (exact) mass is 243 g/mol. The molecule has 1 aliphatic carbocycles. The Kier molecular flexibility index (Phi) is 5.90. The van der Waals surface area contributed by atoms with Crippen LogP contribution < -0.4 is 5.73 Å². The fraction of sp³-hybridized carbons (Fsp3) is 1.00. The smallest absolute Gasteiger partial charge is 0.178 e. The van der Waals surface area contributed by atoms with Gasteiger partial charge in [-0.15, -0.1) is 0 Å². The van der Waals surface area contributed by atoms with Gasteiger partial charge in [0, 0.05) is 6.42 Å². The minimum absolute atomic E-state index is 0.387. The third kappa shape index (κ3) is 5.36. The average Bonchev–Trinajstić information content (AvgIpc) is 2.28. The molecule has 1 aliphatic rings. The molecular formula is C14H29NO2. The number of nitrogens with two attached hydrogens (primary N) is 1. The van der Waals surface area contributed by atoms with Gasteiger partial charge in [-0.2, -0.15) is 0 Å². The molecule has 0 aliphatic heterocycles. The van der Waals surface area contributed by atoms with Crippen molar-refractivity contribution >= 4 is 0 Å². The van der Waals surface area contributed by atoms with Crippen molar-refractivity contribution in [1.82, 2.24) is 0 Å². The Bertz CT molecular complexity index is 210. The Morgan fingerprint density at radius 3 is 2.29 bits per heavy atom. The summed E-state index contributed by atoms with van der Waals surface area (Å²) in [4.78, 5) is 0. The van der Waals surface area contributed by atoms with Crippen LogP contribution in [0.5, 0.6) is 0 Å². The van der Waals surface area contributed by atoms with Crippen LogP contribution in [0.2, 0.25) is 0 Å². The maximum absolute atomic E-state index is 9.99. The van der Waals surface area contributed by atoms with E-state index in [0.29, 0.717) is 18.3 Å². The lowest BCUT2D eigenvalue weighted by atomic mass is 9.82. The summed E-state index contributed by atoms with van der Waals surface area (Å²) in [6.45, 7) is 4.17. The predicted molar refractivity (Wildman–Crippen MR) is 70.4 cm³/mol. The second kappa shape index (κ2) is 6.72. The number of hydrogen-bond acceptors (Lipinski definition) is 3. The zero-order valence-electron chi connectivity index (χ0n) is 11.4. The number of rotatable bonds is 6. The van der Waals surface area contributed by atoms with Gasteiger partial charge in [0.1, 0.15) is 0 Å². The Hall–Kier alpha value is -0.120. The van der Waals surface area contributed by atoms with Crippen LogP contribution in [-0.2, 0) is 0 Å². The normalized spacial score (nSPS) is 20.8. The van der Waals surface area contributed by atoms with Crippen LogP contribution in [-0.4, -0.2) is 22.0 Å². The van der Waals surface area contributed by atoms with Crippen LogP contribution in [0, 0.1) is 11.8 Å². The fourth-order valence-electron chi connectivity index (χ4n) is 2.66. The van der Waals surface area contributed by atoms with E-state index in [2.05, 4.69) is 13.8 Å². The summed E-state index contributed by atoms with van der Waals surface area (Å²) in [5.74, 6) is -0.603. The molecule has 0 aromatic carbocycles. The van der Waals surface area contributed by atoms with Crippen molar-refractivity contribution in [3.05, 3.63) is 0 Å². The maximum atomic E-state index is 9.99. The highest BCUT2D eigenvalue weighted by Gasteiger charge is 2.33. The third-order valence-corrected chi connectivity index (χ3v) is 4.00. The van der Waals surface area contributed by atoms with Gasteiger partial charge in [0.15, 0.2) is 5.79 Å². The first-order valence-corrected chi connectivity index (χ1v) is 7.12. The van der Waals surface area contributed by atoms with Gasteiger partial charge in [-0.05, 0) is 24.7 Å². The van der Waals surface area contributed by atoms with E-state index in [4.69, 9.17) is 5.73 Å². The Morgan fingerprint density at radius 1 is 1.18 bits per heavy atom. The lowest BCUT2D eigenvalue weighted by Crippen LogP contribution is -2.49. The predicted octanol–water partition coefficient (Wildman–Crippen LogP) is 2.40. The highest BCUT2D eigenvalue weighted by molar-refractivity contribution is 4.82. The molecule has 0 saturated heterocycles. The summed E-state index contributed by atoms with van der Waals surface area (Å²) in [6.07, 6.45) is 8.22. The Balaban J connectivity index is 2.35. The second-order valence-electron chi connectivity index (χ2n) is 6.16. The van der Waals surface area contributed by atoms with Crippen LogP contribution >= 0.6 is 0 Å². The highest BCUT2D eigenvalue weighted by atomic mass is 16.5. The van der Waals surface area contributed by atoms with Crippen molar-refractivity contribution in [2.75, 3.05) is 0 Å². The number of aliphatic hydroxyl groups is 2. The quantitative estimate of drug-likeness (QED) is 0.628. The van der Waals surface area contributed by atoms with Gasteiger partial charge in [-0.25, -0.2) is 0 Å². The number of hydrogen-bond donors (Lipinski definition) is 3.